The monoisotopic (exact) mass is 783 g/mol. The van der Waals surface area contributed by atoms with E-state index >= 15 is 0 Å². The predicted octanol–water partition coefficient (Wildman–Crippen LogP) is 6.89. The molecule has 0 bridgehead atoms. The molecule has 1 fully saturated rings. The van der Waals surface area contributed by atoms with Crippen molar-refractivity contribution >= 4 is 55.9 Å². The fourth-order valence-corrected chi connectivity index (χ4v) is 9.34. The Morgan fingerprint density at radius 1 is 1.16 bits per heavy atom. The predicted molar refractivity (Wildman–Crippen MR) is 188 cm³/mol. The second kappa shape index (κ2) is 19.8. The molecule has 21 heteroatoms. The maximum atomic E-state index is 13.9. The summed E-state index contributed by atoms with van der Waals surface area (Å²) in [6, 6.07) is 9.74. The van der Waals surface area contributed by atoms with Crippen LogP contribution in [0.3, 0.4) is 0 Å². The number of methoxy groups -OCH3 is 1. The van der Waals surface area contributed by atoms with E-state index in [2.05, 4.69) is 20.3 Å². The highest BCUT2D eigenvalue weighted by Crippen LogP contribution is 2.53. The van der Waals surface area contributed by atoms with E-state index < -0.39 is 88.0 Å². The summed E-state index contributed by atoms with van der Waals surface area (Å²) < 4.78 is 92.5. The molecule has 274 valence electrons. The highest BCUT2D eigenvalue weighted by Gasteiger charge is 2.49. The number of nitrogens with zero attached hydrogens (tertiary/aromatic N) is 6. The molecule has 51 heavy (non-hydrogen) atoms. The van der Waals surface area contributed by atoms with E-state index in [4.69, 9.17) is 30.3 Å². The zero-order valence-electron chi connectivity index (χ0n) is 30.4. The lowest BCUT2D eigenvalue weighted by molar-refractivity contribution is -0.0439. The summed E-state index contributed by atoms with van der Waals surface area (Å²) in [5.74, 6) is -1.08. The maximum Gasteiger partial charge on any atom is 0.327 e. The molecule has 0 radical (unpaired) electrons. The molecule has 3 heterocycles. The second-order valence-corrected chi connectivity index (χ2v) is 16.2. The Morgan fingerprint density at radius 2 is 1.84 bits per heavy atom. The van der Waals surface area contributed by atoms with Crippen molar-refractivity contribution in [2.45, 2.75) is 70.7 Å². The first-order valence-corrected chi connectivity index (χ1v) is 20.2. The third-order valence-electron chi connectivity index (χ3n) is 7.29. The minimum atomic E-state index is -4.11. The summed E-state index contributed by atoms with van der Waals surface area (Å²) in [6.07, 6.45) is -3.71. The van der Waals surface area contributed by atoms with E-state index in [1.165, 1.54) is 24.3 Å². The lowest BCUT2D eigenvalue weighted by Crippen LogP contribution is -2.39. The van der Waals surface area contributed by atoms with E-state index in [9.17, 15) is 23.8 Å². The van der Waals surface area contributed by atoms with Crippen LogP contribution in [0.15, 0.2) is 54.8 Å². The van der Waals surface area contributed by atoms with Crippen molar-refractivity contribution < 1.29 is 48.8 Å². The van der Waals surface area contributed by atoms with Crippen molar-refractivity contribution in [3.05, 3.63) is 60.4 Å². The van der Waals surface area contributed by atoms with Crippen LogP contribution >= 0.6 is 33.0 Å². The molecule has 1 unspecified atom stereocenters. The molecule has 17 nitrogen and oxygen atoms in total. The van der Waals surface area contributed by atoms with E-state index in [1.54, 1.807) is 30.3 Å². The van der Waals surface area contributed by atoms with Crippen LogP contribution in [0.1, 0.15) is 53.4 Å². The number of amides is 1. The highest BCUT2D eigenvalue weighted by atomic mass is 31.2. The summed E-state index contributed by atoms with van der Waals surface area (Å²) >= 11 is 0. The van der Waals surface area contributed by atoms with Gasteiger partial charge in [0.15, 0.2) is 30.4 Å². The van der Waals surface area contributed by atoms with Gasteiger partial charge in [0.05, 0.1) is 28.2 Å². The molecule has 0 saturated carbocycles. The Kier molecular flexibility index (Phi) is 14.6. The molecular formula is C30H39N7O10P4. The molecule has 4 rings (SSSR count). The summed E-state index contributed by atoms with van der Waals surface area (Å²) in [6.45, 7) is 7.79. The number of aromatic nitrogens is 4. The summed E-state index contributed by atoms with van der Waals surface area (Å²) in [7, 11) is -6.34. The van der Waals surface area contributed by atoms with Crippen LogP contribution in [0, 0.1) is 11.3 Å². The van der Waals surface area contributed by atoms with Crippen molar-refractivity contribution in [2.75, 3.05) is 31.7 Å². The van der Waals surface area contributed by atoms with Gasteiger partial charge in [-0.25, -0.2) is 28.8 Å². The van der Waals surface area contributed by atoms with Gasteiger partial charge in [-0.3, -0.25) is 18.4 Å². The Morgan fingerprint density at radius 3 is 2.45 bits per heavy atom. The fourth-order valence-electron chi connectivity index (χ4n) is 5.16. The average molecular weight is 784 g/mol. The quantitative estimate of drug-likeness (QED) is 0.0914. The number of imidazole rings is 1. The van der Waals surface area contributed by atoms with E-state index in [1.807, 2.05) is 38.4 Å². The van der Waals surface area contributed by atoms with E-state index in [0.29, 0.717) is 5.56 Å². The maximum absolute atomic E-state index is 13.9. The average Bonchev–Trinajstić information content (AvgIpc) is 3.74. The molecule has 1 amide bonds. The smallest absolute Gasteiger partial charge is 0.327 e. The molecule has 1 N–H and O–H groups in total. The standard InChI is InChI=1S/C30H39N7O10P4/c1-20(2)37(21(3)4)50(45-14-9-13-31)47-25-23(12-15-51(41,18-43-48-39)19-44-49-40)46-30(26(25)42-5)36-17-34-24-27(32-16-33-28(24)36)35-29(38)22-10-7-6-8-11-22/h6-8,10-12,15-17,20-21,23,25-26,30H,9,14,18-19H2,1-5H3,(H,32,33,35,38)/b15-12+/t23-,25-,26-,30-,50?/m1/s1/i12D,15D. The topological polar surface area (TPSA) is 206 Å². The van der Waals surface area contributed by atoms with Gasteiger partial charge in [-0.15, -0.1) is 0 Å². The van der Waals surface area contributed by atoms with Gasteiger partial charge >= 0.3 is 17.4 Å². The minimum absolute atomic E-state index is 0.0258. The van der Waals surface area contributed by atoms with Gasteiger partial charge in [0.2, 0.25) is 0 Å². The zero-order valence-corrected chi connectivity index (χ0v) is 32.0. The van der Waals surface area contributed by atoms with Crippen LogP contribution in [0.25, 0.3) is 11.2 Å². The number of carbonyl (C=O) groups excluding carboxylic acids is 1. The molecule has 0 aliphatic carbocycles. The molecule has 1 aliphatic heterocycles. The van der Waals surface area contributed by atoms with Crippen LogP contribution in [-0.2, 0) is 41.3 Å². The largest absolute Gasteiger partial charge is 0.374 e. The first-order valence-electron chi connectivity index (χ1n) is 16.5. The molecular weight excluding hydrogens is 742 g/mol. The number of benzene rings is 1. The van der Waals surface area contributed by atoms with Gasteiger partial charge in [0.1, 0.15) is 37.3 Å². The first kappa shape index (κ1) is 37.8. The molecule has 3 aromatic rings. The van der Waals surface area contributed by atoms with Crippen molar-refractivity contribution in [3.8, 4) is 6.07 Å². The third kappa shape index (κ3) is 10.6. The van der Waals surface area contributed by atoms with Gasteiger partial charge in [-0.1, -0.05) is 18.2 Å². The molecule has 1 saturated heterocycles. The number of hydrogen-bond donors (Lipinski definition) is 1. The second-order valence-electron chi connectivity index (χ2n) is 11.4. The number of ether oxygens (including phenoxy) is 2. The highest BCUT2D eigenvalue weighted by molar-refractivity contribution is 7.67. The van der Waals surface area contributed by atoms with Crippen molar-refractivity contribution in [1.29, 1.82) is 5.26 Å². The Labute approximate surface area is 302 Å². The van der Waals surface area contributed by atoms with Crippen LogP contribution in [0.5, 0.6) is 0 Å². The minimum Gasteiger partial charge on any atom is -0.374 e. The van der Waals surface area contributed by atoms with Gasteiger partial charge < -0.3 is 28.4 Å². The molecule has 1 aliphatic rings. The number of carbonyl (C=O) groups is 1. The van der Waals surface area contributed by atoms with Crippen LogP contribution in [0.2, 0.25) is 0 Å². The number of anilines is 1. The molecule has 1 aromatic carbocycles. The van der Waals surface area contributed by atoms with Crippen LogP contribution in [0.4, 0.5) is 5.82 Å². The van der Waals surface area contributed by atoms with Gasteiger partial charge in [0.25, 0.3) is 14.4 Å². The number of rotatable bonds is 20. The zero-order chi connectivity index (χ0) is 38.7. The SMILES string of the molecule is [2H]/C(=C(/[2H])P(=O)(COP=O)COP=O)[C@H]1O[C@@H](n2cnc3c(NC(=O)c4ccccc4)ncnc32)[C@H](OC)[C@@H]1OP(OCCC#N)N(C(C)C)C(C)C. The molecule has 2 aromatic heterocycles. The van der Waals surface area contributed by atoms with Crippen LogP contribution < -0.4 is 5.32 Å². The Balaban J connectivity index is 1.83. The van der Waals surface area contributed by atoms with E-state index in [-0.39, 0.29) is 42.1 Å². The lowest BCUT2D eigenvalue weighted by atomic mass is 10.1. The number of nitriles is 1. The lowest BCUT2D eigenvalue weighted by Gasteiger charge is -2.38. The molecule has 5 atom stereocenters. The number of fused-ring (bicyclic) bond motifs is 1. The Bertz CT molecular complexity index is 1830. The van der Waals surface area contributed by atoms with Crippen molar-refractivity contribution in [2.24, 2.45) is 0 Å². The Hall–Kier alpha value is -2.95. The van der Waals surface area contributed by atoms with Gasteiger partial charge in [0, 0.05) is 24.8 Å². The molecule has 0 spiro atoms. The number of hydrogen-bond acceptors (Lipinski definition) is 15. The van der Waals surface area contributed by atoms with Gasteiger partial charge in [-0.05, 0) is 51.7 Å². The number of nitrogens with one attached hydrogen (secondary N) is 1. The summed E-state index contributed by atoms with van der Waals surface area (Å²) in [5.41, 5.74) is 0.814. The fraction of sp³-hybridized carbons (Fsp3) is 0.500. The first-order chi connectivity index (χ1) is 25.4. The van der Waals surface area contributed by atoms with Gasteiger partial charge in [-0.2, -0.15) is 5.26 Å². The summed E-state index contributed by atoms with van der Waals surface area (Å²) in [4.78, 5) is 26.0. The van der Waals surface area contributed by atoms with Crippen molar-refractivity contribution in [3.63, 3.8) is 0 Å². The third-order valence-corrected chi connectivity index (χ3v) is 11.9. The van der Waals surface area contributed by atoms with E-state index in [0.717, 1.165) is 0 Å². The summed E-state index contributed by atoms with van der Waals surface area (Å²) in [5, 5.41) is 12.0. The van der Waals surface area contributed by atoms with Crippen molar-refractivity contribution in [1.82, 2.24) is 24.2 Å². The normalized spacial score (nSPS) is 22.2. The van der Waals surface area contributed by atoms with Crippen LogP contribution in [-0.4, -0.2) is 86.9 Å².